The van der Waals surface area contributed by atoms with E-state index >= 15 is 0 Å². The zero-order chi connectivity index (χ0) is 18.6. The van der Waals surface area contributed by atoms with E-state index in [1.165, 1.54) is 0 Å². The van der Waals surface area contributed by atoms with Crippen LogP contribution in [0.1, 0.15) is 37.5 Å². The van der Waals surface area contributed by atoms with Gasteiger partial charge in [-0.25, -0.2) is 0 Å². The Bertz CT molecular complexity index is 760. The molecule has 0 aliphatic heterocycles. The number of amides is 1. The Morgan fingerprint density at radius 3 is 2.32 bits per heavy atom. The molecule has 4 nitrogen and oxygen atoms in total. The van der Waals surface area contributed by atoms with E-state index in [0.29, 0.717) is 11.4 Å². The molecule has 0 aliphatic carbocycles. The molecule has 2 aromatic carbocycles. The molecule has 0 unspecified atom stereocenters. The molecule has 0 atom stereocenters. The number of carbonyl (C=O) groups excluding carboxylic acids is 1. The summed E-state index contributed by atoms with van der Waals surface area (Å²) in [5.74, 6) is 1.13. The highest BCUT2D eigenvalue weighted by Crippen LogP contribution is 2.31. The minimum atomic E-state index is -0.218. The van der Waals surface area contributed by atoms with Crippen LogP contribution in [0.3, 0.4) is 0 Å². The number of methoxy groups -OCH3 is 1. The molecule has 0 heterocycles. The molecule has 0 aliphatic rings. The third-order valence-electron chi connectivity index (χ3n) is 4.03. The highest BCUT2D eigenvalue weighted by atomic mass is 16.5. The summed E-state index contributed by atoms with van der Waals surface area (Å²) < 4.78 is 11.0. The molecule has 1 N–H and O–H groups in total. The van der Waals surface area contributed by atoms with Crippen molar-refractivity contribution in [2.45, 2.75) is 40.0 Å². The van der Waals surface area contributed by atoms with E-state index in [-0.39, 0.29) is 17.9 Å². The van der Waals surface area contributed by atoms with Gasteiger partial charge in [0.1, 0.15) is 11.5 Å². The van der Waals surface area contributed by atoms with Crippen LogP contribution in [0.15, 0.2) is 36.4 Å². The van der Waals surface area contributed by atoms with Gasteiger partial charge in [-0.2, -0.15) is 0 Å². The summed E-state index contributed by atoms with van der Waals surface area (Å²) in [6.45, 7) is 10.3. The van der Waals surface area contributed by atoms with Crippen molar-refractivity contribution >= 4 is 11.6 Å². The van der Waals surface area contributed by atoms with Gasteiger partial charge in [-0.3, -0.25) is 4.79 Å². The molecular formula is C21H27NO3. The second kappa shape index (κ2) is 7.60. The highest BCUT2D eigenvalue weighted by Gasteiger charge is 2.17. The fraction of sp³-hybridized carbons (Fsp3) is 0.381. The summed E-state index contributed by atoms with van der Waals surface area (Å²) in [7, 11) is 1.59. The molecule has 134 valence electrons. The summed E-state index contributed by atoms with van der Waals surface area (Å²) in [5.41, 5.74) is 3.95. The Morgan fingerprint density at radius 1 is 1.04 bits per heavy atom. The van der Waals surface area contributed by atoms with Crippen LogP contribution in [0.2, 0.25) is 0 Å². The maximum atomic E-state index is 12.3. The Hall–Kier alpha value is -2.49. The quantitative estimate of drug-likeness (QED) is 0.863. The molecule has 0 radical (unpaired) electrons. The number of hydrogen-bond acceptors (Lipinski definition) is 3. The van der Waals surface area contributed by atoms with Crippen molar-refractivity contribution in [1.29, 1.82) is 0 Å². The molecule has 2 aromatic rings. The van der Waals surface area contributed by atoms with Crippen LogP contribution in [-0.4, -0.2) is 19.6 Å². The van der Waals surface area contributed by atoms with Crippen LogP contribution >= 0.6 is 0 Å². The summed E-state index contributed by atoms with van der Waals surface area (Å²) in [6.07, 6.45) is 0. The highest BCUT2D eigenvalue weighted by molar-refractivity contribution is 5.93. The molecule has 0 aromatic heterocycles. The zero-order valence-electron chi connectivity index (χ0n) is 15.9. The number of anilines is 1. The van der Waals surface area contributed by atoms with Crippen LogP contribution in [0.5, 0.6) is 11.5 Å². The summed E-state index contributed by atoms with van der Waals surface area (Å²) in [4.78, 5) is 12.3. The van der Waals surface area contributed by atoms with Gasteiger partial charge in [-0.1, -0.05) is 44.5 Å². The first-order valence-electron chi connectivity index (χ1n) is 8.39. The average Bonchev–Trinajstić information content (AvgIpc) is 2.53. The van der Waals surface area contributed by atoms with Crippen LogP contribution in [0.4, 0.5) is 5.69 Å². The molecule has 4 heteroatoms. The SMILES string of the molecule is COc1ccc(C(C)(C)C)cc1NC(=O)COc1ccc(C)cc1C. The topological polar surface area (TPSA) is 47.6 Å². The van der Waals surface area contributed by atoms with Crippen molar-refractivity contribution in [3.63, 3.8) is 0 Å². The standard InChI is InChI=1S/C21H27NO3/c1-14-7-9-18(15(2)11-14)25-13-20(23)22-17-12-16(21(3,4)5)8-10-19(17)24-6/h7-12H,13H2,1-6H3,(H,22,23). The number of aryl methyl sites for hydroxylation is 2. The number of hydrogen-bond donors (Lipinski definition) is 1. The zero-order valence-corrected chi connectivity index (χ0v) is 15.9. The Balaban J connectivity index is 2.09. The van der Waals surface area contributed by atoms with Gasteiger partial charge < -0.3 is 14.8 Å². The van der Waals surface area contributed by atoms with Gasteiger partial charge >= 0.3 is 0 Å². The maximum Gasteiger partial charge on any atom is 0.262 e. The summed E-state index contributed by atoms with van der Waals surface area (Å²) >= 11 is 0. The van der Waals surface area contributed by atoms with Crippen LogP contribution in [0.25, 0.3) is 0 Å². The van der Waals surface area contributed by atoms with E-state index in [0.717, 1.165) is 22.4 Å². The third kappa shape index (κ3) is 4.99. The number of rotatable bonds is 5. The van der Waals surface area contributed by atoms with Crippen molar-refractivity contribution in [3.8, 4) is 11.5 Å². The van der Waals surface area contributed by atoms with Gasteiger partial charge in [0, 0.05) is 0 Å². The number of nitrogens with one attached hydrogen (secondary N) is 1. The molecule has 0 saturated heterocycles. The number of benzene rings is 2. The molecular weight excluding hydrogens is 314 g/mol. The molecule has 1 amide bonds. The van der Waals surface area contributed by atoms with Crippen LogP contribution in [0, 0.1) is 13.8 Å². The summed E-state index contributed by atoms with van der Waals surface area (Å²) in [5, 5.41) is 2.89. The smallest absolute Gasteiger partial charge is 0.262 e. The maximum absolute atomic E-state index is 12.3. The second-order valence-corrected chi connectivity index (χ2v) is 7.27. The van der Waals surface area contributed by atoms with Gasteiger partial charge in [0.05, 0.1) is 12.8 Å². The number of carbonyl (C=O) groups is 1. The van der Waals surface area contributed by atoms with Gasteiger partial charge in [0.2, 0.25) is 0 Å². The van der Waals surface area contributed by atoms with E-state index in [2.05, 4.69) is 26.1 Å². The molecule has 0 fully saturated rings. The van der Waals surface area contributed by atoms with Crippen molar-refractivity contribution < 1.29 is 14.3 Å². The first-order chi connectivity index (χ1) is 11.7. The lowest BCUT2D eigenvalue weighted by atomic mass is 9.87. The minimum absolute atomic E-state index is 0.0126. The van der Waals surface area contributed by atoms with E-state index in [9.17, 15) is 4.79 Å². The first-order valence-corrected chi connectivity index (χ1v) is 8.39. The molecule has 0 bridgehead atoms. The van der Waals surface area contributed by atoms with Gasteiger partial charge in [0.25, 0.3) is 5.91 Å². The second-order valence-electron chi connectivity index (χ2n) is 7.27. The average molecular weight is 341 g/mol. The van der Waals surface area contributed by atoms with E-state index in [1.54, 1.807) is 7.11 Å². The lowest BCUT2D eigenvalue weighted by Gasteiger charge is -2.21. The molecule has 25 heavy (non-hydrogen) atoms. The molecule has 0 saturated carbocycles. The van der Waals surface area contributed by atoms with Crippen molar-refractivity contribution in [3.05, 3.63) is 53.1 Å². The fourth-order valence-electron chi connectivity index (χ4n) is 2.56. The van der Waals surface area contributed by atoms with Crippen molar-refractivity contribution in [1.82, 2.24) is 0 Å². The number of ether oxygens (including phenoxy) is 2. The van der Waals surface area contributed by atoms with Gasteiger partial charge in [0.15, 0.2) is 6.61 Å². The molecule has 0 spiro atoms. The monoisotopic (exact) mass is 341 g/mol. The lowest BCUT2D eigenvalue weighted by molar-refractivity contribution is -0.118. The minimum Gasteiger partial charge on any atom is -0.495 e. The van der Waals surface area contributed by atoms with Gasteiger partial charge in [-0.05, 0) is 48.6 Å². The van der Waals surface area contributed by atoms with Crippen LogP contribution < -0.4 is 14.8 Å². The summed E-state index contributed by atoms with van der Waals surface area (Å²) in [6, 6.07) is 11.7. The van der Waals surface area contributed by atoms with Crippen LogP contribution in [-0.2, 0) is 10.2 Å². The van der Waals surface area contributed by atoms with E-state index in [1.807, 2.05) is 50.2 Å². The largest absolute Gasteiger partial charge is 0.495 e. The Kier molecular flexibility index (Phi) is 5.73. The Morgan fingerprint density at radius 2 is 1.72 bits per heavy atom. The van der Waals surface area contributed by atoms with Gasteiger partial charge in [-0.15, -0.1) is 0 Å². The Labute approximate surface area is 150 Å². The normalized spacial score (nSPS) is 11.1. The van der Waals surface area contributed by atoms with Crippen molar-refractivity contribution in [2.24, 2.45) is 0 Å². The van der Waals surface area contributed by atoms with Crippen molar-refractivity contribution in [2.75, 3.05) is 19.0 Å². The predicted octanol–water partition coefficient (Wildman–Crippen LogP) is 4.63. The van der Waals surface area contributed by atoms with E-state index < -0.39 is 0 Å². The third-order valence-corrected chi connectivity index (χ3v) is 4.03. The lowest BCUT2D eigenvalue weighted by Crippen LogP contribution is -2.21. The van der Waals surface area contributed by atoms with E-state index in [4.69, 9.17) is 9.47 Å². The molecule has 2 rings (SSSR count). The predicted molar refractivity (Wildman–Crippen MR) is 102 cm³/mol. The fourth-order valence-corrected chi connectivity index (χ4v) is 2.56. The first kappa shape index (κ1) is 18.8.